The average molecular weight is 965 g/mol. The lowest BCUT2D eigenvalue weighted by atomic mass is 9.80. The number of hydrogen-bond donors (Lipinski definition) is 4. The summed E-state index contributed by atoms with van der Waals surface area (Å²) in [6.45, 7) is 1.50. The number of aryl methyl sites for hydroxylation is 2. The molecule has 4 aliphatic heterocycles. The van der Waals surface area contributed by atoms with E-state index in [0.717, 1.165) is 88.7 Å². The van der Waals surface area contributed by atoms with Crippen LogP contribution in [0.25, 0.3) is 0 Å². The molecule has 4 aromatic carbocycles. The number of likely N-dealkylation sites (tertiary alicyclic amines) is 2. The van der Waals surface area contributed by atoms with Crippen LogP contribution in [0.2, 0.25) is 0 Å². The molecule has 4 fully saturated rings. The van der Waals surface area contributed by atoms with Crippen molar-refractivity contribution in [2.24, 2.45) is 37.8 Å². The minimum atomic E-state index is -0.180. The van der Waals surface area contributed by atoms with Crippen molar-refractivity contribution >= 4 is 35.0 Å². The van der Waals surface area contributed by atoms with Crippen molar-refractivity contribution < 1.29 is 19.2 Å². The Morgan fingerprint density at radius 1 is 0.458 bits per heavy atom. The van der Waals surface area contributed by atoms with Crippen LogP contribution in [0.3, 0.4) is 0 Å². The average Bonchev–Trinajstić information content (AvgIpc) is 4.26. The fourth-order valence-corrected chi connectivity index (χ4v) is 13.4. The zero-order valence-electron chi connectivity index (χ0n) is 41.5. The van der Waals surface area contributed by atoms with Crippen molar-refractivity contribution in [3.63, 3.8) is 0 Å². The number of carbonyl (C=O) groups is 4. The van der Waals surface area contributed by atoms with Gasteiger partial charge < -0.3 is 40.2 Å². The van der Waals surface area contributed by atoms with E-state index in [0.29, 0.717) is 23.0 Å². The number of para-hydroxylation sites is 2. The van der Waals surface area contributed by atoms with Gasteiger partial charge in [-0.25, -0.2) is 0 Å². The highest BCUT2D eigenvalue weighted by Crippen LogP contribution is 2.53. The molecule has 10 atom stereocenters. The second-order valence-electron chi connectivity index (χ2n) is 21.0. The van der Waals surface area contributed by atoms with Crippen LogP contribution in [-0.4, -0.2) is 67.7 Å². The van der Waals surface area contributed by atoms with Gasteiger partial charge in [-0.05, 0) is 110 Å². The number of carbonyl (C=O) groups excluding carboxylic acids is 4. The van der Waals surface area contributed by atoms with E-state index in [4.69, 9.17) is 0 Å². The minimum Gasteiger partial charge on any atom is -0.376 e. The highest BCUT2D eigenvalue weighted by molar-refractivity contribution is 5.95. The maximum atomic E-state index is 14.2. The Bertz CT molecular complexity index is 2700. The van der Waals surface area contributed by atoms with Gasteiger partial charge in [0.2, 0.25) is 11.8 Å². The SMILES string of the molecule is Cn1cccc1[C@@H]1Nc2ccccc2[C@H]2[C@@H]1CCN2C(=O)[C@H]1CCCC[C@H]1NC(=O)c1ccccc1.Cn1cccc1[C@H]1Nc2ccccc2[C@@H]2[C@H]1CCN2C(=O)[C@H]1CCCC[C@H]1NC(=O)c1ccccc1. The van der Waals surface area contributed by atoms with E-state index in [-0.39, 0.29) is 71.7 Å². The fourth-order valence-electron chi connectivity index (χ4n) is 13.4. The maximum absolute atomic E-state index is 14.2. The van der Waals surface area contributed by atoms with E-state index in [1.54, 1.807) is 0 Å². The molecule has 0 bridgehead atoms. The Hall–Kier alpha value is -7.08. The summed E-state index contributed by atoms with van der Waals surface area (Å²) < 4.78 is 4.37. The zero-order valence-corrected chi connectivity index (χ0v) is 41.5. The molecule has 2 saturated heterocycles. The van der Waals surface area contributed by atoms with Gasteiger partial charge in [-0.3, -0.25) is 19.2 Å². The molecule has 0 radical (unpaired) electrons. The lowest BCUT2D eigenvalue weighted by molar-refractivity contribution is -0.139. The third-order valence-electron chi connectivity index (χ3n) is 17.0. The van der Waals surface area contributed by atoms with Crippen LogP contribution < -0.4 is 21.3 Å². The first-order valence-electron chi connectivity index (χ1n) is 26.5. The molecule has 2 aliphatic carbocycles. The van der Waals surface area contributed by atoms with E-state index in [1.807, 2.05) is 60.7 Å². The van der Waals surface area contributed by atoms with E-state index in [9.17, 15) is 19.2 Å². The number of rotatable bonds is 8. The van der Waals surface area contributed by atoms with Gasteiger partial charge in [0.15, 0.2) is 0 Å². The van der Waals surface area contributed by atoms with Crippen LogP contribution in [0.15, 0.2) is 146 Å². The first-order valence-corrected chi connectivity index (χ1v) is 26.5. The van der Waals surface area contributed by atoms with Gasteiger partial charge >= 0.3 is 0 Å². The largest absolute Gasteiger partial charge is 0.376 e. The molecular formula is C60H68N8O4. The molecule has 12 heteroatoms. The summed E-state index contributed by atoms with van der Waals surface area (Å²) in [4.78, 5) is 58.6. The number of amides is 4. The van der Waals surface area contributed by atoms with Crippen molar-refractivity contribution in [2.45, 2.75) is 100 Å². The van der Waals surface area contributed by atoms with Crippen LogP contribution in [0, 0.1) is 23.7 Å². The Morgan fingerprint density at radius 3 is 1.25 bits per heavy atom. The van der Waals surface area contributed by atoms with Crippen LogP contribution in [0.1, 0.15) is 132 Å². The lowest BCUT2D eigenvalue weighted by Gasteiger charge is -2.42. The van der Waals surface area contributed by atoms with Crippen molar-refractivity contribution in [1.82, 2.24) is 29.6 Å². The number of aromatic nitrogens is 2. The molecule has 2 aromatic heterocycles. The highest BCUT2D eigenvalue weighted by Gasteiger charge is 2.51. The predicted molar refractivity (Wildman–Crippen MR) is 281 cm³/mol. The maximum Gasteiger partial charge on any atom is 0.251 e. The second-order valence-corrected chi connectivity index (χ2v) is 21.0. The van der Waals surface area contributed by atoms with E-state index < -0.39 is 0 Å². The first kappa shape index (κ1) is 47.3. The smallest absolute Gasteiger partial charge is 0.251 e. The van der Waals surface area contributed by atoms with Crippen molar-refractivity contribution in [3.8, 4) is 0 Å². The molecule has 72 heavy (non-hydrogen) atoms. The molecule has 4 N–H and O–H groups in total. The predicted octanol–water partition coefficient (Wildman–Crippen LogP) is 10.1. The summed E-state index contributed by atoms with van der Waals surface area (Å²) in [5.74, 6) is 0.468. The number of hydrogen-bond acceptors (Lipinski definition) is 6. The fraction of sp³-hybridized carbons (Fsp3) is 0.400. The number of anilines is 2. The normalized spacial score (nSPS) is 27.0. The molecule has 12 nitrogen and oxygen atoms in total. The summed E-state index contributed by atoms with van der Waals surface area (Å²) in [6.07, 6.45) is 13.6. The summed E-state index contributed by atoms with van der Waals surface area (Å²) in [5.41, 5.74) is 8.43. The van der Waals surface area contributed by atoms with Crippen molar-refractivity contribution in [1.29, 1.82) is 0 Å². The Labute approximate surface area is 423 Å². The molecule has 4 amide bonds. The Morgan fingerprint density at radius 2 is 0.847 bits per heavy atom. The number of nitrogens with one attached hydrogen (secondary N) is 4. The Kier molecular flexibility index (Phi) is 13.5. The first-order chi connectivity index (χ1) is 35.2. The third kappa shape index (κ3) is 9.09. The third-order valence-corrected chi connectivity index (χ3v) is 17.0. The molecular weight excluding hydrogens is 897 g/mol. The standard InChI is InChI=1S/2C30H34N4O2/c2*1-33-18-9-16-26(33)27-23-17-19-34(28(23)21-12-5-7-14-24(21)31-27)30(36)22-13-6-8-15-25(22)32-29(35)20-10-3-2-4-11-20/h2*2-5,7,9-12,14,16,18,22-23,25,27-28,31H,6,8,13,15,17,19H2,1H3,(H,32,35)/t22-,23+,25+,27+,28-;22-,23-,25+,27-,28+/m00/s1. The quantitative estimate of drug-likeness (QED) is 0.120. The summed E-state index contributed by atoms with van der Waals surface area (Å²) in [5, 5.41) is 14.0. The van der Waals surface area contributed by atoms with Gasteiger partial charge in [-0.1, -0.05) is 98.5 Å². The van der Waals surface area contributed by atoms with Gasteiger partial charge in [0.05, 0.1) is 36.0 Å². The molecule has 2 saturated carbocycles. The number of fused-ring (bicyclic) bond motifs is 6. The van der Waals surface area contributed by atoms with Gasteiger partial charge in [-0.2, -0.15) is 0 Å². The molecule has 6 aliphatic rings. The van der Waals surface area contributed by atoms with E-state index in [1.165, 1.54) is 22.5 Å². The Balaban J connectivity index is 0.000000156. The van der Waals surface area contributed by atoms with Crippen LogP contribution in [0.5, 0.6) is 0 Å². The molecule has 6 aromatic rings. The minimum absolute atomic E-state index is 0.0438. The monoisotopic (exact) mass is 965 g/mol. The molecule has 0 unspecified atom stereocenters. The molecule has 0 spiro atoms. The zero-order chi connectivity index (χ0) is 49.3. The van der Waals surface area contributed by atoms with Crippen LogP contribution in [-0.2, 0) is 23.7 Å². The topological polar surface area (TPSA) is 133 Å². The van der Waals surface area contributed by atoms with Gasteiger partial charge in [0.25, 0.3) is 11.8 Å². The summed E-state index contributed by atoms with van der Waals surface area (Å²) >= 11 is 0. The second kappa shape index (κ2) is 20.6. The highest BCUT2D eigenvalue weighted by atomic mass is 16.2. The lowest BCUT2D eigenvalue weighted by Crippen LogP contribution is -2.50. The van der Waals surface area contributed by atoms with E-state index >= 15 is 0 Å². The van der Waals surface area contributed by atoms with Crippen molar-refractivity contribution in [2.75, 3.05) is 23.7 Å². The van der Waals surface area contributed by atoms with Gasteiger partial charge in [0.1, 0.15) is 0 Å². The summed E-state index contributed by atoms with van der Waals surface area (Å²) in [7, 11) is 4.18. The molecule has 12 rings (SSSR count). The van der Waals surface area contributed by atoms with Crippen molar-refractivity contribution in [3.05, 3.63) is 179 Å². The van der Waals surface area contributed by atoms with Crippen LogP contribution >= 0.6 is 0 Å². The van der Waals surface area contributed by atoms with Gasteiger partial charge in [-0.15, -0.1) is 0 Å². The molecule has 372 valence electrons. The molecule has 6 heterocycles. The summed E-state index contributed by atoms with van der Waals surface area (Å²) in [6, 6.07) is 44.2. The van der Waals surface area contributed by atoms with Gasteiger partial charge in [0, 0.05) is 97.4 Å². The number of nitrogens with zero attached hydrogens (tertiary/aromatic N) is 4. The van der Waals surface area contributed by atoms with E-state index in [2.05, 4.69) is 139 Å². The number of benzene rings is 4. The van der Waals surface area contributed by atoms with Crippen LogP contribution in [0.4, 0.5) is 11.4 Å².